The van der Waals surface area contributed by atoms with Gasteiger partial charge in [-0.05, 0) is 39.0 Å². The summed E-state index contributed by atoms with van der Waals surface area (Å²) >= 11 is 0. The Bertz CT molecular complexity index is 319. The average molecular weight is 273 g/mol. The molecule has 1 aliphatic rings. The van der Waals surface area contributed by atoms with Crippen molar-refractivity contribution in [2.75, 3.05) is 19.7 Å². The summed E-state index contributed by atoms with van der Waals surface area (Å²) in [4.78, 5) is 28.2. The van der Waals surface area contributed by atoms with Crippen LogP contribution in [0.15, 0.2) is 0 Å². The van der Waals surface area contributed by atoms with Crippen LogP contribution in [0, 0.1) is 16.0 Å². The van der Waals surface area contributed by atoms with Gasteiger partial charge in [-0.3, -0.25) is 4.79 Å². The van der Waals surface area contributed by atoms with Crippen molar-refractivity contribution in [1.82, 2.24) is 4.90 Å². The molecule has 0 radical (unpaired) electrons. The molecule has 0 aromatic rings. The van der Waals surface area contributed by atoms with Crippen LogP contribution >= 0.6 is 0 Å². The smallest absolute Gasteiger partial charge is 0.294 e. The highest BCUT2D eigenvalue weighted by Crippen LogP contribution is 2.19. The van der Waals surface area contributed by atoms with Gasteiger partial charge in [-0.15, -0.1) is 10.1 Å². The van der Waals surface area contributed by atoms with Crippen molar-refractivity contribution in [3.63, 3.8) is 0 Å². The van der Waals surface area contributed by atoms with Gasteiger partial charge in [-0.2, -0.15) is 0 Å². The minimum absolute atomic E-state index is 0.118. The van der Waals surface area contributed by atoms with Gasteiger partial charge in [0.15, 0.2) is 0 Å². The Hall–Kier alpha value is -1.37. The van der Waals surface area contributed by atoms with Crippen LogP contribution in [0.1, 0.15) is 39.5 Å². The molecule has 7 nitrogen and oxygen atoms in total. The van der Waals surface area contributed by atoms with E-state index in [2.05, 4.69) is 4.84 Å². The van der Waals surface area contributed by atoms with E-state index in [1.807, 2.05) is 18.7 Å². The molecule has 7 heteroatoms. The lowest BCUT2D eigenvalue weighted by molar-refractivity contribution is -0.759. The first kappa shape index (κ1) is 15.7. The predicted molar refractivity (Wildman–Crippen MR) is 69.8 cm³/mol. The number of hydrogen-bond acceptors (Lipinski definition) is 5. The average Bonchev–Trinajstić information content (AvgIpc) is 2.33. The first-order chi connectivity index (χ1) is 8.78. The topological polar surface area (TPSA) is 98.7 Å². The van der Waals surface area contributed by atoms with E-state index in [4.69, 9.17) is 5.73 Å². The molecule has 1 saturated heterocycles. The van der Waals surface area contributed by atoms with Crippen LogP contribution in [0.3, 0.4) is 0 Å². The van der Waals surface area contributed by atoms with E-state index >= 15 is 0 Å². The largest absolute Gasteiger partial charge is 0.343 e. The molecule has 1 aliphatic heterocycles. The summed E-state index contributed by atoms with van der Waals surface area (Å²) in [6, 6.07) is 0. The first-order valence-electron chi connectivity index (χ1n) is 6.62. The third-order valence-corrected chi connectivity index (χ3v) is 3.37. The van der Waals surface area contributed by atoms with Gasteiger partial charge in [0.25, 0.3) is 5.09 Å². The molecule has 1 amide bonds. The SMILES string of the molecule is CC(C)(N)CCC(=O)N1CCC(CO[N+](=O)[O-])CC1. The monoisotopic (exact) mass is 273 g/mol. The zero-order valence-corrected chi connectivity index (χ0v) is 11.6. The number of piperidine rings is 1. The number of likely N-dealkylation sites (tertiary alicyclic amines) is 1. The molecule has 0 spiro atoms. The first-order valence-corrected chi connectivity index (χ1v) is 6.62. The summed E-state index contributed by atoms with van der Waals surface area (Å²) < 4.78 is 0. The van der Waals surface area contributed by atoms with E-state index in [9.17, 15) is 14.9 Å². The van der Waals surface area contributed by atoms with E-state index in [-0.39, 0.29) is 24.0 Å². The van der Waals surface area contributed by atoms with Crippen LogP contribution in [-0.4, -0.2) is 41.1 Å². The Morgan fingerprint density at radius 1 is 1.47 bits per heavy atom. The van der Waals surface area contributed by atoms with Crippen LogP contribution in [0.5, 0.6) is 0 Å². The second kappa shape index (κ2) is 6.70. The van der Waals surface area contributed by atoms with Crippen LogP contribution in [0.25, 0.3) is 0 Å². The molecule has 0 aromatic heterocycles. The van der Waals surface area contributed by atoms with Gasteiger partial charge in [0.05, 0.1) is 6.61 Å². The number of hydrogen-bond donors (Lipinski definition) is 1. The third kappa shape index (κ3) is 6.37. The molecule has 110 valence electrons. The number of nitrogens with two attached hydrogens (primary N) is 1. The van der Waals surface area contributed by atoms with Crippen molar-refractivity contribution in [2.24, 2.45) is 11.7 Å². The molecule has 0 saturated carbocycles. The summed E-state index contributed by atoms with van der Waals surface area (Å²) in [6.07, 6.45) is 2.63. The number of amides is 1. The summed E-state index contributed by atoms with van der Waals surface area (Å²) in [5.41, 5.74) is 5.53. The molecule has 19 heavy (non-hydrogen) atoms. The minimum atomic E-state index is -0.763. The maximum Gasteiger partial charge on any atom is 0.294 e. The summed E-state index contributed by atoms with van der Waals surface area (Å²) in [6.45, 7) is 5.24. The molecule has 0 aliphatic carbocycles. The van der Waals surface area contributed by atoms with Crippen molar-refractivity contribution in [3.8, 4) is 0 Å². The predicted octanol–water partition coefficient (Wildman–Crippen LogP) is 0.951. The lowest BCUT2D eigenvalue weighted by Gasteiger charge is -2.32. The molecule has 0 atom stereocenters. The summed E-state index contributed by atoms with van der Waals surface area (Å²) in [7, 11) is 0. The van der Waals surface area contributed by atoms with E-state index < -0.39 is 5.09 Å². The molecule has 0 unspecified atom stereocenters. The number of rotatable bonds is 6. The van der Waals surface area contributed by atoms with E-state index in [0.29, 0.717) is 25.9 Å². The fourth-order valence-electron chi connectivity index (χ4n) is 2.10. The Morgan fingerprint density at radius 2 is 2.05 bits per heavy atom. The normalized spacial score (nSPS) is 17.3. The van der Waals surface area contributed by atoms with Gasteiger partial charge in [0.2, 0.25) is 5.91 Å². The van der Waals surface area contributed by atoms with Crippen molar-refractivity contribution in [3.05, 3.63) is 10.1 Å². The van der Waals surface area contributed by atoms with Gasteiger partial charge < -0.3 is 15.5 Å². The van der Waals surface area contributed by atoms with E-state index in [1.165, 1.54) is 0 Å². The zero-order valence-electron chi connectivity index (χ0n) is 11.6. The number of carbonyl (C=O) groups excluding carboxylic acids is 1. The molecule has 1 fully saturated rings. The number of carbonyl (C=O) groups is 1. The highest BCUT2D eigenvalue weighted by Gasteiger charge is 2.24. The van der Waals surface area contributed by atoms with Gasteiger partial charge in [0, 0.05) is 25.0 Å². The van der Waals surface area contributed by atoms with Crippen molar-refractivity contribution < 1.29 is 14.7 Å². The Morgan fingerprint density at radius 3 is 2.53 bits per heavy atom. The van der Waals surface area contributed by atoms with Crippen LogP contribution < -0.4 is 5.73 Å². The van der Waals surface area contributed by atoms with E-state index in [0.717, 1.165) is 12.8 Å². The summed E-state index contributed by atoms with van der Waals surface area (Å²) in [5.74, 6) is 0.285. The lowest BCUT2D eigenvalue weighted by Crippen LogP contribution is -2.41. The molecule has 1 rings (SSSR count). The van der Waals surface area contributed by atoms with Gasteiger partial charge in [-0.1, -0.05) is 0 Å². The fourth-order valence-corrected chi connectivity index (χ4v) is 2.10. The molecule has 2 N–H and O–H groups in total. The van der Waals surface area contributed by atoms with Gasteiger partial charge in [0.1, 0.15) is 0 Å². The molecular formula is C12H23N3O4. The van der Waals surface area contributed by atoms with Crippen LogP contribution in [-0.2, 0) is 9.63 Å². The number of nitrogens with zero attached hydrogens (tertiary/aromatic N) is 2. The van der Waals surface area contributed by atoms with Crippen LogP contribution in [0.4, 0.5) is 0 Å². The fraction of sp³-hybridized carbons (Fsp3) is 0.917. The maximum atomic E-state index is 11.9. The van der Waals surface area contributed by atoms with Crippen molar-refractivity contribution in [2.45, 2.75) is 45.1 Å². The summed E-state index contributed by atoms with van der Waals surface area (Å²) in [5, 5.41) is 9.34. The lowest BCUT2D eigenvalue weighted by atomic mass is 9.96. The Balaban J connectivity index is 2.25. The highest BCUT2D eigenvalue weighted by atomic mass is 16.9. The quantitative estimate of drug-likeness (QED) is 0.574. The van der Waals surface area contributed by atoms with Crippen LogP contribution in [0.2, 0.25) is 0 Å². The second-order valence-electron chi connectivity index (χ2n) is 5.83. The minimum Gasteiger partial charge on any atom is -0.343 e. The second-order valence-corrected chi connectivity index (χ2v) is 5.83. The highest BCUT2D eigenvalue weighted by molar-refractivity contribution is 5.76. The molecule has 0 aromatic carbocycles. The Kier molecular flexibility index (Phi) is 5.53. The van der Waals surface area contributed by atoms with Gasteiger partial charge in [-0.25, -0.2) is 0 Å². The molecule has 1 heterocycles. The van der Waals surface area contributed by atoms with Crippen molar-refractivity contribution in [1.29, 1.82) is 0 Å². The molecular weight excluding hydrogens is 250 g/mol. The van der Waals surface area contributed by atoms with E-state index in [1.54, 1.807) is 0 Å². The van der Waals surface area contributed by atoms with Gasteiger partial charge >= 0.3 is 0 Å². The molecule has 0 bridgehead atoms. The standard InChI is InChI=1S/C12H23N3O4/c1-12(2,13)6-3-11(16)14-7-4-10(5-8-14)9-19-15(17)18/h10H,3-9,13H2,1-2H3. The Labute approximate surface area is 113 Å². The third-order valence-electron chi connectivity index (χ3n) is 3.37. The van der Waals surface area contributed by atoms with Crippen molar-refractivity contribution >= 4 is 5.91 Å². The maximum absolute atomic E-state index is 11.9. The zero-order chi connectivity index (χ0) is 14.5.